The molecule has 100 valence electrons. The van der Waals surface area contributed by atoms with Gasteiger partial charge in [-0.25, -0.2) is 19.2 Å². The number of fused-ring (bicyclic) bond motifs is 1. The first-order valence-corrected chi connectivity index (χ1v) is 5.68. The highest BCUT2D eigenvalue weighted by atomic mass is 19.1. The molecule has 7 heteroatoms. The third-order valence-corrected chi connectivity index (χ3v) is 2.95. The van der Waals surface area contributed by atoms with Gasteiger partial charge in [-0.15, -0.1) is 0 Å². The molecule has 0 aliphatic rings. The molecule has 0 unspecified atom stereocenters. The molecule has 0 saturated heterocycles. The molecule has 0 aliphatic heterocycles. The number of carbonyl (C=O) groups is 1. The molecule has 2 heterocycles. The zero-order valence-electron chi connectivity index (χ0n) is 10.1. The maximum absolute atomic E-state index is 13.9. The number of nitrogen functional groups attached to an aromatic ring is 1. The molecule has 3 rings (SSSR count). The Morgan fingerprint density at radius 2 is 2.15 bits per heavy atom. The Kier molecular flexibility index (Phi) is 2.60. The molecule has 20 heavy (non-hydrogen) atoms. The van der Waals surface area contributed by atoms with Gasteiger partial charge in [0.1, 0.15) is 17.8 Å². The number of rotatable bonds is 2. The third-order valence-electron chi connectivity index (χ3n) is 2.95. The van der Waals surface area contributed by atoms with Gasteiger partial charge in [0, 0.05) is 17.4 Å². The van der Waals surface area contributed by atoms with Gasteiger partial charge in [0.05, 0.1) is 16.6 Å². The topological polar surface area (TPSA) is 105 Å². The van der Waals surface area contributed by atoms with E-state index in [0.717, 1.165) is 0 Å². The molecule has 0 saturated carbocycles. The molecule has 0 amide bonds. The minimum absolute atomic E-state index is 0.0163. The number of nitrogens with zero attached hydrogens (tertiary/aromatic N) is 2. The molecule has 6 nitrogen and oxygen atoms in total. The van der Waals surface area contributed by atoms with Gasteiger partial charge in [0.2, 0.25) is 0 Å². The van der Waals surface area contributed by atoms with Gasteiger partial charge in [-0.05, 0) is 18.2 Å². The number of nitrogens with two attached hydrogens (primary N) is 1. The van der Waals surface area contributed by atoms with Crippen LogP contribution < -0.4 is 5.73 Å². The summed E-state index contributed by atoms with van der Waals surface area (Å²) in [6.07, 6.45) is 2.54. The van der Waals surface area contributed by atoms with Crippen LogP contribution in [-0.2, 0) is 0 Å². The Bertz CT molecular complexity index is 828. The average Bonchev–Trinajstić information content (AvgIpc) is 2.85. The Labute approximate surface area is 112 Å². The Morgan fingerprint density at radius 1 is 1.35 bits per heavy atom. The number of aromatic amines is 1. The number of hydrogen-bond donors (Lipinski definition) is 3. The number of aromatic carboxylic acids is 1. The van der Waals surface area contributed by atoms with Crippen molar-refractivity contribution in [1.82, 2.24) is 15.0 Å². The predicted molar refractivity (Wildman–Crippen MR) is 70.7 cm³/mol. The fraction of sp³-hybridized carbons (Fsp3) is 0. The second-order valence-corrected chi connectivity index (χ2v) is 4.19. The number of carboxylic acids is 1. The van der Waals surface area contributed by atoms with Crippen LogP contribution in [-0.4, -0.2) is 26.0 Å². The monoisotopic (exact) mass is 272 g/mol. The molecule has 1 aromatic carbocycles. The lowest BCUT2D eigenvalue weighted by atomic mass is 10.1. The lowest BCUT2D eigenvalue weighted by Crippen LogP contribution is -1.98. The summed E-state index contributed by atoms with van der Waals surface area (Å²) in [6, 6.07) is 4.05. The maximum atomic E-state index is 13.9. The van der Waals surface area contributed by atoms with E-state index in [4.69, 9.17) is 5.73 Å². The summed E-state index contributed by atoms with van der Waals surface area (Å²) in [5, 5.41) is 9.43. The number of nitrogens with one attached hydrogen (secondary N) is 1. The van der Waals surface area contributed by atoms with E-state index in [2.05, 4.69) is 15.0 Å². The standard InChI is InChI=1S/C13H9FN4O2/c14-9-2-1-6(15)3-7(9)11-10-8(13(19)20)4-16-12(10)18-5-17-11/h1-5H,15H2,(H,19,20)(H,16,17,18). The predicted octanol–water partition coefficient (Wildman–Crippen LogP) is 2.04. The number of anilines is 1. The van der Waals surface area contributed by atoms with Crippen LogP contribution in [0.25, 0.3) is 22.3 Å². The van der Waals surface area contributed by atoms with Crippen molar-refractivity contribution >= 4 is 22.7 Å². The van der Waals surface area contributed by atoms with E-state index in [-0.39, 0.29) is 22.2 Å². The number of benzene rings is 1. The highest BCUT2D eigenvalue weighted by molar-refractivity contribution is 6.07. The van der Waals surface area contributed by atoms with Crippen LogP contribution in [0.5, 0.6) is 0 Å². The van der Waals surface area contributed by atoms with Crippen molar-refractivity contribution in [2.45, 2.75) is 0 Å². The summed E-state index contributed by atoms with van der Waals surface area (Å²) in [6.45, 7) is 0. The van der Waals surface area contributed by atoms with Crippen molar-refractivity contribution in [3.05, 3.63) is 42.1 Å². The zero-order valence-corrected chi connectivity index (χ0v) is 10.1. The number of aromatic nitrogens is 3. The van der Waals surface area contributed by atoms with Crippen molar-refractivity contribution in [2.75, 3.05) is 5.73 Å². The van der Waals surface area contributed by atoms with Gasteiger partial charge in [-0.3, -0.25) is 0 Å². The summed E-state index contributed by atoms with van der Waals surface area (Å²) >= 11 is 0. The molecule has 0 aliphatic carbocycles. The molecular formula is C13H9FN4O2. The second kappa shape index (κ2) is 4.30. The fourth-order valence-corrected chi connectivity index (χ4v) is 2.06. The molecule has 0 radical (unpaired) electrons. The van der Waals surface area contributed by atoms with Gasteiger partial charge in [0.25, 0.3) is 0 Å². The van der Waals surface area contributed by atoms with Gasteiger partial charge in [0.15, 0.2) is 0 Å². The van der Waals surface area contributed by atoms with Gasteiger partial charge < -0.3 is 15.8 Å². The minimum atomic E-state index is -1.14. The molecule has 0 spiro atoms. The summed E-state index contributed by atoms with van der Waals surface area (Å²) in [5.74, 6) is -1.67. The SMILES string of the molecule is Nc1ccc(F)c(-c2ncnc3[nH]cc(C(=O)O)c23)c1. The van der Waals surface area contributed by atoms with E-state index in [1.54, 1.807) is 0 Å². The Morgan fingerprint density at radius 3 is 2.90 bits per heavy atom. The van der Waals surface area contributed by atoms with E-state index in [1.807, 2.05) is 0 Å². The molecule has 4 N–H and O–H groups in total. The highest BCUT2D eigenvalue weighted by Crippen LogP contribution is 2.30. The lowest BCUT2D eigenvalue weighted by molar-refractivity contribution is 0.0699. The van der Waals surface area contributed by atoms with E-state index in [1.165, 1.54) is 30.7 Å². The summed E-state index contributed by atoms with van der Waals surface area (Å²) < 4.78 is 13.9. The van der Waals surface area contributed by atoms with Crippen molar-refractivity contribution in [2.24, 2.45) is 0 Å². The highest BCUT2D eigenvalue weighted by Gasteiger charge is 2.19. The molecular weight excluding hydrogens is 263 g/mol. The molecule has 0 atom stereocenters. The molecule has 0 bridgehead atoms. The first-order valence-electron chi connectivity index (χ1n) is 5.68. The molecule has 3 aromatic rings. The quantitative estimate of drug-likeness (QED) is 0.619. The van der Waals surface area contributed by atoms with Crippen LogP contribution in [0.1, 0.15) is 10.4 Å². The van der Waals surface area contributed by atoms with Gasteiger partial charge in [-0.2, -0.15) is 0 Å². The van der Waals surface area contributed by atoms with E-state index >= 15 is 0 Å². The smallest absolute Gasteiger partial charge is 0.338 e. The minimum Gasteiger partial charge on any atom is -0.478 e. The van der Waals surface area contributed by atoms with E-state index < -0.39 is 11.8 Å². The average molecular weight is 272 g/mol. The van der Waals surface area contributed by atoms with Crippen LogP contribution >= 0.6 is 0 Å². The Hall–Kier alpha value is -2.96. The molecule has 2 aromatic heterocycles. The normalized spacial score (nSPS) is 10.8. The first kappa shape index (κ1) is 12.1. The van der Waals surface area contributed by atoms with Gasteiger partial charge >= 0.3 is 5.97 Å². The van der Waals surface area contributed by atoms with Crippen LogP contribution in [0.3, 0.4) is 0 Å². The van der Waals surface area contributed by atoms with Crippen molar-refractivity contribution in [1.29, 1.82) is 0 Å². The lowest BCUT2D eigenvalue weighted by Gasteiger charge is -2.06. The number of carboxylic acid groups (broad SMARTS) is 1. The van der Waals surface area contributed by atoms with Crippen molar-refractivity contribution < 1.29 is 14.3 Å². The van der Waals surface area contributed by atoms with E-state index in [0.29, 0.717) is 11.3 Å². The summed E-state index contributed by atoms with van der Waals surface area (Å²) in [5.41, 5.74) is 6.65. The van der Waals surface area contributed by atoms with E-state index in [9.17, 15) is 14.3 Å². The van der Waals surface area contributed by atoms with Crippen LogP contribution in [0.2, 0.25) is 0 Å². The van der Waals surface area contributed by atoms with Crippen LogP contribution in [0.15, 0.2) is 30.7 Å². The zero-order chi connectivity index (χ0) is 14.3. The number of halogens is 1. The Balaban J connectivity index is 2.39. The number of H-pyrrole nitrogens is 1. The summed E-state index contributed by atoms with van der Waals surface area (Å²) in [7, 11) is 0. The first-order chi connectivity index (χ1) is 9.58. The fourth-order valence-electron chi connectivity index (χ4n) is 2.06. The van der Waals surface area contributed by atoms with Crippen LogP contribution in [0.4, 0.5) is 10.1 Å². The van der Waals surface area contributed by atoms with Gasteiger partial charge in [-0.1, -0.05) is 0 Å². The van der Waals surface area contributed by atoms with Crippen LogP contribution in [0, 0.1) is 5.82 Å². The third kappa shape index (κ3) is 1.76. The van der Waals surface area contributed by atoms with Crippen molar-refractivity contribution in [3.8, 4) is 11.3 Å². The summed E-state index contributed by atoms with van der Waals surface area (Å²) in [4.78, 5) is 21.9. The largest absolute Gasteiger partial charge is 0.478 e. The second-order valence-electron chi connectivity index (χ2n) is 4.19. The maximum Gasteiger partial charge on any atom is 0.338 e. The van der Waals surface area contributed by atoms with Crippen molar-refractivity contribution in [3.63, 3.8) is 0 Å². The number of hydrogen-bond acceptors (Lipinski definition) is 4. The molecule has 0 fully saturated rings.